The number of hydrogen-bond donors (Lipinski definition) is 4. The Hall–Kier alpha value is -1.91. The zero-order valence-corrected chi connectivity index (χ0v) is 12.6. The number of hydrazine groups is 1. The van der Waals surface area contributed by atoms with Crippen molar-refractivity contribution in [3.05, 3.63) is 29.8 Å². The summed E-state index contributed by atoms with van der Waals surface area (Å²) in [7, 11) is 0. The van der Waals surface area contributed by atoms with Gasteiger partial charge >= 0.3 is 6.61 Å². The van der Waals surface area contributed by atoms with Gasteiger partial charge in [0.25, 0.3) is 5.92 Å². The highest BCUT2D eigenvalue weighted by atomic mass is 19.3. The number of ether oxygens (including phenoxy) is 1. The zero-order valence-electron chi connectivity index (χ0n) is 12.6. The normalized spacial score (nSPS) is 21.1. The molecule has 5 N–H and O–H groups in total. The average Bonchev–Trinajstić information content (AvgIpc) is 3.02. The van der Waals surface area contributed by atoms with Crippen molar-refractivity contribution >= 4 is 5.91 Å². The first-order valence-electron chi connectivity index (χ1n) is 7.21. The van der Waals surface area contributed by atoms with Gasteiger partial charge in [0.1, 0.15) is 5.75 Å². The summed E-state index contributed by atoms with van der Waals surface area (Å²) in [6.07, 6.45) is 0. The molecule has 0 bridgehead atoms. The van der Waals surface area contributed by atoms with Gasteiger partial charge < -0.3 is 15.8 Å². The summed E-state index contributed by atoms with van der Waals surface area (Å²) in [5.41, 5.74) is 11.0. The molecule has 0 saturated carbocycles. The Bertz CT molecular complexity index is 573. The lowest BCUT2D eigenvalue weighted by atomic mass is 9.94. The second-order valence-corrected chi connectivity index (χ2v) is 5.34. The van der Waals surface area contributed by atoms with Crippen molar-refractivity contribution in [2.45, 2.75) is 18.6 Å². The SMILES string of the molecule is NCC(F)(F)CNC(=O)C1CNNC1c1cccc(OC(F)F)c1. The Morgan fingerprint density at radius 3 is 2.88 bits per heavy atom. The van der Waals surface area contributed by atoms with Crippen molar-refractivity contribution in [3.63, 3.8) is 0 Å². The van der Waals surface area contributed by atoms with Gasteiger partial charge in [0, 0.05) is 6.54 Å². The molecule has 1 amide bonds. The van der Waals surface area contributed by atoms with E-state index in [0.29, 0.717) is 5.56 Å². The summed E-state index contributed by atoms with van der Waals surface area (Å²) in [4.78, 5) is 12.1. The van der Waals surface area contributed by atoms with E-state index < -0.39 is 43.5 Å². The van der Waals surface area contributed by atoms with Gasteiger partial charge in [0.15, 0.2) is 0 Å². The molecule has 0 spiro atoms. The topological polar surface area (TPSA) is 88.4 Å². The molecule has 2 rings (SSSR count). The molecule has 1 fully saturated rings. The predicted molar refractivity (Wildman–Crippen MR) is 77.5 cm³/mol. The third-order valence-corrected chi connectivity index (χ3v) is 3.58. The van der Waals surface area contributed by atoms with Crippen LogP contribution in [0.3, 0.4) is 0 Å². The maximum absolute atomic E-state index is 13.1. The zero-order chi connectivity index (χ0) is 17.7. The van der Waals surface area contributed by atoms with Crippen LogP contribution in [-0.2, 0) is 4.79 Å². The number of alkyl halides is 4. The van der Waals surface area contributed by atoms with Crippen molar-refractivity contribution in [2.24, 2.45) is 11.7 Å². The third kappa shape index (κ3) is 4.79. The van der Waals surface area contributed by atoms with E-state index >= 15 is 0 Å². The van der Waals surface area contributed by atoms with Crippen LogP contribution in [0.2, 0.25) is 0 Å². The molecule has 0 aliphatic carbocycles. The Labute approximate surface area is 135 Å². The molecule has 6 nitrogen and oxygen atoms in total. The van der Waals surface area contributed by atoms with E-state index in [1.807, 2.05) is 0 Å². The number of amides is 1. The lowest BCUT2D eigenvalue weighted by Gasteiger charge is -2.21. The molecule has 1 saturated heterocycles. The van der Waals surface area contributed by atoms with Crippen molar-refractivity contribution < 1.29 is 27.1 Å². The van der Waals surface area contributed by atoms with Gasteiger partial charge in [-0.3, -0.25) is 10.2 Å². The van der Waals surface area contributed by atoms with Crippen LogP contribution in [0.5, 0.6) is 5.75 Å². The minimum atomic E-state index is -3.18. The molecule has 2 unspecified atom stereocenters. The highest BCUT2D eigenvalue weighted by Crippen LogP contribution is 2.28. The number of halogens is 4. The van der Waals surface area contributed by atoms with Gasteiger partial charge in [-0.2, -0.15) is 8.78 Å². The quantitative estimate of drug-likeness (QED) is 0.546. The number of benzene rings is 1. The molecular formula is C14H18F4N4O2. The number of carbonyl (C=O) groups excluding carboxylic acids is 1. The number of rotatable bonds is 7. The van der Waals surface area contributed by atoms with E-state index in [1.165, 1.54) is 18.2 Å². The summed E-state index contributed by atoms with van der Waals surface area (Å²) < 4.78 is 55.2. The largest absolute Gasteiger partial charge is 0.435 e. The van der Waals surface area contributed by atoms with Gasteiger partial charge in [-0.05, 0) is 17.7 Å². The smallest absolute Gasteiger partial charge is 0.387 e. The first kappa shape index (κ1) is 18.4. The molecule has 1 aromatic rings. The van der Waals surface area contributed by atoms with Crippen LogP contribution in [-0.4, -0.2) is 38.1 Å². The highest BCUT2D eigenvalue weighted by Gasteiger charge is 2.36. The fraction of sp³-hybridized carbons (Fsp3) is 0.500. The summed E-state index contributed by atoms with van der Waals surface area (Å²) in [5.74, 6) is -4.52. The maximum Gasteiger partial charge on any atom is 0.387 e. The Morgan fingerprint density at radius 1 is 1.46 bits per heavy atom. The molecule has 10 heteroatoms. The van der Waals surface area contributed by atoms with E-state index in [0.717, 1.165) is 0 Å². The van der Waals surface area contributed by atoms with Crippen molar-refractivity contribution in [1.82, 2.24) is 16.2 Å². The summed E-state index contributed by atoms with van der Waals surface area (Å²) in [6.45, 7) is -4.50. The molecule has 24 heavy (non-hydrogen) atoms. The summed E-state index contributed by atoms with van der Waals surface area (Å²) >= 11 is 0. The van der Waals surface area contributed by atoms with Crippen LogP contribution in [0.25, 0.3) is 0 Å². The first-order chi connectivity index (χ1) is 11.3. The molecular weight excluding hydrogens is 332 g/mol. The highest BCUT2D eigenvalue weighted by molar-refractivity contribution is 5.80. The molecule has 1 aliphatic rings. The second kappa shape index (κ2) is 7.77. The average molecular weight is 350 g/mol. The van der Waals surface area contributed by atoms with Crippen LogP contribution < -0.4 is 26.6 Å². The minimum Gasteiger partial charge on any atom is -0.435 e. The molecule has 1 aliphatic heterocycles. The van der Waals surface area contributed by atoms with E-state index in [-0.39, 0.29) is 12.3 Å². The number of hydrogen-bond acceptors (Lipinski definition) is 5. The number of nitrogens with two attached hydrogens (primary N) is 1. The maximum atomic E-state index is 13.1. The van der Waals surface area contributed by atoms with Crippen LogP contribution in [0.1, 0.15) is 11.6 Å². The molecule has 0 radical (unpaired) electrons. The van der Waals surface area contributed by atoms with E-state index in [4.69, 9.17) is 5.73 Å². The fourth-order valence-corrected chi connectivity index (χ4v) is 2.36. The Balaban J connectivity index is 2.06. The fourth-order valence-electron chi connectivity index (χ4n) is 2.36. The molecule has 0 aromatic heterocycles. The summed E-state index contributed by atoms with van der Waals surface area (Å²) in [5, 5.41) is 2.16. The van der Waals surface area contributed by atoms with E-state index in [2.05, 4.69) is 20.9 Å². The minimum absolute atomic E-state index is 0.0509. The predicted octanol–water partition coefficient (Wildman–Crippen LogP) is 0.763. The van der Waals surface area contributed by atoms with Crippen LogP contribution in [0.15, 0.2) is 24.3 Å². The second-order valence-electron chi connectivity index (χ2n) is 5.34. The Morgan fingerprint density at radius 2 is 2.21 bits per heavy atom. The van der Waals surface area contributed by atoms with E-state index in [9.17, 15) is 22.4 Å². The third-order valence-electron chi connectivity index (χ3n) is 3.58. The van der Waals surface area contributed by atoms with Crippen LogP contribution in [0, 0.1) is 5.92 Å². The molecule has 2 atom stereocenters. The van der Waals surface area contributed by atoms with Crippen molar-refractivity contribution in [2.75, 3.05) is 19.6 Å². The lowest BCUT2D eigenvalue weighted by molar-refractivity contribution is -0.126. The number of nitrogens with one attached hydrogen (secondary N) is 3. The van der Waals surface area contributed by atoms with E-state index in [1.54, 1.807) is 6.07 Å². The lowest BCUT2D eigenvalue weighted by Crippen LogP contribution is -2.44. The van der Waals surface area contributed by atoms with Crippen LogP contribution >= 0.6 is 0 Å². The molecule has 134 valence electrons. The van der Waals surface area contributed by atoms with Gasteiger partial charge in [-0.15, -0.1) is 0 Å². The van der Waals surface area contributed by atoms with Gasteiger partial charge in [-0.1, -0.05) is 12.1 Å². The number of carbonyl (C=O) groups is 1. The van der Waals surface area contributed by atoms with Crippen LogP contribution in [0.4, 0.5) is 17.6 Å². The van der Waals surface area contributed by atoms with Crippen molar-refractivity contribution in [1.29, 1.82) is 0 Å². The van der Waals surface area contributed by atoms with Gasteiger partial charge in [0.05, 0.1) is 25.0 Å². The Kier molecular flexibility index (Phi) is 5.97. The monoisotopic (exact) mass is 350 g/mol. The van der Waals surface area contributed by atoms with Gasteiger partial charge in [-0.25, -0.2) is 14.2 Å². The van der Waals surface area contributed by atoms with Crippen molar-refractivity contribution in [3.8, 4) is 5.75 Å². The summed E-state index contributed by atoms with van der Waals surface area (Å²) in [6, 6.07) is 5.28. The first-order valence-corrected chi connectivity index (χ1v) is 7.21. The molecule has 1 aromatic carbocycles. The molecule has 1 heterocycles. The van der Waals surface area contributed by atoms with Gasteiger partial charge in [0.2, 0.25) is 5.91 Å². The standard InChI is InChI=1S/C14H18F4N4O2/c15-13(16)24-9-3-1-2-8(4-9)11-10(5-21-22-11)12(23)20-7-14(17,18)6-19/h1-4,10-11,13,21-22H,5-7,19H2,(H,20,23).